The minimum Gasteiger partial charge on any atom is -0.451 e. The Bertz CT molecular complexity index is 1450. The zero-order chi connectivity index (χ0) is 22.2. The van der Waals surface area contributed by atoms with E-state index in [4.69, 9.17) is 20.4 Å². The Morgan fingerprint density at radius 2 is 1.69 bits per heavy atom. The maximum absolute atomic E-state index is 12.7. The van der Waals surface area contributed by atoms with Gasteiger partial charge in [-0.2, -0.15) is 0 Å². The largest absolute Gasteiger partial charge is 0.451 e. The zero-order valence-electron chi connectivity index (χ0n) is 17.5. The van der Waals surface area contributed by atoms with Gasteiger partial charge in [0.1, 0.15) is 11.3 Å². The normalized spacial score (nSPS) is 11.1. The van der Waals surface area contributed by atoms with Crippen molar-refractivity contribution in [3.63, 3.8) is 0 Å². The molecule has 0 fully saturated rings. The molecular weight excluding hydrogens is 424 g/mol. The number of nitrogens with one attached hydrogen (secondary N) is 1. The molecule has 0 spiro atoms. The maximum Gasteiger partial charge on any atom is 0.291 e. The second-order valence-electron chi connectivity index (χ2n) is 7.71. The molecule has 0 aliphatic rings. The van der Waals surface area contributed by atoms with Gasteiger partial charge in [-0.15, -0.1) is 0 Å². The lowest BCUT2D eigenvalue weighted by Gasteiger charge is -2.03. The van der Waals surface area contributed by atoms with Crippen molar-refractivity contribution in [2.24, 2.45) is 0 Å². The summed E-state index contributed by atoms with van der Waals surface area (Å²) >= 11 is 6.04. The Kier molecular flexibility index (Phi) is 5.04. The Hall–Kier alpha value is -3.83. The number of anilines is 1. The minimum absolute atomic E-state index is 0.205. The topological polar surface area (TPSA) is 68.3 Å². The van der Waals surface area contributed by atoms with Crippen molar-refractivity contribution < 1.29 is 13.6 Å². The molecular formula is C26H19ClN2O3. The number of nitrogens with zero attached hydrogens (tertiary/aromatic N) is 1. The fourth-order valence-electron chi connectivity index (χ4n) is 3.68. The molecule has 0 aliphatic heterocycles. The van der Waals surface area contributed by atoms with Crippen LogP contribution in [0.25, 0.3) is 33.9 Å². The van der Waals surface area contributed by atoms with Gasteiger partial charge in [-0.05, 0) is 68.4 Å². The van der Waals surface area contributed by atoms with E-state index in [1.807, 2.05) is 38.1 Å². The molecule has 0 radical (unpaired) electrons. The van der Waals surface area contributed by atoms with Gasteiger partial charge in [-0.3, -0.25) is 4.79 Å². The van der Waals surface area contributed by atoms with Gasteiger partial charge >= 0.3 is 0 Å². The van der Waals surface area contributed by atoms with Crippen LogP contribution in [0.4, 0.5) is 5.69 Å². The van der Waals surface area contributed by atoms with E-state index in [2.05, 4.69) is 16.4 Å². The van der Waals surface area contributed by atoms with E-state index in [0.717, 1.165) is 22.3 Å². The van der Waals surface area contributed by atoms with E-state index < -0.39 is 0 Å². The van der Waals surface area contributed by atoms with Gasteiger partial charge in [0.25, 0.3) is 5.91 Å². The molecule has 158 valence electrons. The smallest absolute Gasteiger partial charge is 0.291 e. The van der Waals surface area contributed by atoms with Gasteiger partial charge in [-0.1, -0.05) is 40.9 Å². The number of carbonyl (C=O) groups excluding carboxylic acids is 1. The average Bonchev–Trinajstić information content (AvgIpc) is 3.40. The number of carbonyl (C=O) groups is 1. The first kappa shape index (κ1) is 20.1. The van der Waals surface area contributed by atoms with Crippen molar-refractivity contribution in [1.29, 1.82) is 0 Å². The predicted octanol–water partition coefficient (Wildman–Crippen LogP) is 7.28. The van der Waals surface area contributed by atoms with E-state index >= 15 is 0 Å². The van der Waals surface area contributed by atoms with E-state index in [1.54, 1.807) is 42.5 Å². The first-order valence-electron chi connectivity index (χ1n) is 10.1. The summed E-state index contributed by atoms with van der Waals surface area (Å²) in [5.41, 5.74) is 5.93. The molecule has 1 N–H and O–H groups in total. The Morgan fingerprint density at radius 3 is 2.47 bits per heavy atom. The molecule has 3 aromatic carbocycles. The number of furan rings is 1. The number of fused-ring (bicyclic) bond motifs is 1. The van der Waals surface area contributed by atoms with Crippen LogP contribution in [0.15, 0.2) is 81.6 Å². The maximum atomic E-state index is 12.7. The summed E-state index contributed by atoms with van der Waals surface area (Å²) in [6, 6.07) is 22.2. The van der Waals surface area contributed by atoms with Crippen LogP contribution in [0.2, 0.25) is 5.02 Å². The molecule has 5 aromatic rings. The highest BCUT2D eigenvalue weighted by molar-refractivity contribution is 6.30. The van der Waals surface area contributed by atoms with Gasteiger partial charge in [0.15, 0.2) is 11.3 Å². The number of amides is 1. The van der Waals surface area contributed by atoms with Crippen LogP contribution >= 0.6 is 11.6 Å². The molecule has 0 saturated heterocycles. The Labute approximate surface area is 189 Å². The van der Waals surface area contributed by atoms with Gasteiger partial charge in [-0.25, -0.2) is 4.98 Å². The zero-order valence-corrected chi connectivity index (χ0v) is 18.2. The SMILES string of the molecule is Cc1cc(C)cc(-c2nc3cc(NC(=O)c4ccc(-c5cccc(Cl)c5)o4)ccc3o2)c1. The molecule has 32 heavy (non-hydrogen) atoms. The number of rotatable bonds is 4. The molecule has 2 aromatic heterocycles. The first-order valence-corrected chi connectivity index (χ1v) is 10.5. The molecule has 0 unspecified atom stereocenters. The van der Waals surface area contributed by atoms with Crippen molar-refractivity contribution in [3.8, 4) is 22.8 Å². The van der Waals surface area contributed by atoms with Crippen LogP contribution in [-0.4, -0.2) is 10.9 Å². The third-order valence-corrected chi connectivity index (χ3v) is 5.29. The summed E-state index contributed by atoms with van der Waals surface area (Å²) in [7, 11) is 0. The van der Waals surface area contributed by atoms with Crippen molar-refractivity contribution in [2.75, 3.05) is 5.32 Å². The molecule has 2 heterocycles. The van der Waals surface area contributed by atoms with Crippen molar-refractivity contribution >= 4 is 34.3 Å². The number of hydrogen-bond donors (Lipinski definition) is 1. The molecule has 6 heteroatoms. The lowest BCUT2D eigenvalue weighted by molar-refractivity contribution is 0.0997. The molecule has 5 rings (SSSR count). The number of oxazole rings is 1. The second kappa shape index (κ2) is 8.02. The van der Waals surface area contributed by atoms with E-state index in [-0.39, 0.29) is 11.7 Å². The van der Waals surface area contributed by atoms with Crippen LogP contribution in [0, 0.1) is 13.8 Å². The van der Waals surface area contributed by atoms with Gasteiger partial charge in [0.05, 0.1) is 0 Å². The first-order chi connectivity index (χ1) is 15.4. The average molecular weight is 443 g/mol. The number of hydrogen-bond acceptors (Lipinski definition) is 4. The third-order valence-electron chi connectivity index (χ3n) is 5.05. The molecule has 0 aliphatic carbocycles. The molecule has 5 nitrogen and oxygen atoms in total. The van der Waals surface area contributed by atoms with Crippen molar-refractivity contribution in [2.45, 2.75) is 13.8 Å². The van der Waals surface area contributed by atoms with E-state index in [9.17, 15) is 4.79 Å². The monoisotopic (exact) mass is 442 g/mol. The minimum atomic E-state index is -0.351. The van der Waals surface area contributed by atoms with E-state index in [0.29, 0.717) is 33.5 Å². The van der Waals surface area contributed by atoms with Gasteiger partial charge < -0.3 is 14.2 Å². The lowest BCUT2D eigenvalue weighted by atomic mass is 10.1. The fraction of sp³-hybridized carbons (Fsp3) is 0.0769. The van der Waals surface area contributed by atoms with Crippen LogP contribution < -0.4 is 5.32 Å². The van der Waals surface area contributed by atoms with Crippen LogP contribution in [0.3, 0.4) is 0 Å². The summed E-state index contributed by atoms with van der Waals surface area (Å²) in [4.78, 5) is 17.3. The second-order valence-corrected chi connectivity index (χ2v) is 8.14. The van der Waals surface area contributed by atoms with Gasteiger partial charge in [0.2, 0.25) is 5.89 Å². The van der Waals surface area contributed by atoms with Gasteiger partial charge in [0, 0.05) is 21.8 Å². The number of aryl methyl sites for hydroxylation is 2. The highest BCUT2D eigenvalue weighted by atomic mass is 35.5. The van der Waals surface area contributed by atoms with Crippen LogP contribution in [0.1, 0.15) is 21.7 Å². The molecule has 0 bridgehead atoms. The summed E-state index contributed by atoms with van der Waals surface area (Å²) in [5.74, 6) is 0.974. The highest BCUT2D eigenvalue weighted by Gasteiger charge is 2.15. The molecule has 0 saturated carbocycles. The predicted molar refractivity (Wildman–Crippen MR) is 126 cm³/mol. The summed E-state index contributed by atoms with van der Waals surface area (Å²) in [6.07, 6.45) is 0. The van der Waals surface area contributed by atoms with Crippen molar-refractivity contribution in [1.82, 2.24) is 4.98 Å². The van der Waals surface area contributed by atoms with Crippen molar-refractivity contribution in [3.05, 3.63) is 94.7 Å². The van der Waals surface area contributed by atoms with E-state index in [1.165, 1.54) is 0 Å². The number of aromatic nitrogens is 1. The molecule has 0 atom stereocenters. The molecule has 1 amide bonds. The lowest BCUT2D eigenvalue weighted by Crippen LogP contribution is -2.10. The quantitative estimate of drug-likeness (QED) is 0.317. The third kappa shape index (κ3) is 4.03. The Balaban J connectivity index is 1.38. The van der Waals surface area contributed by atoms with Crippen LogP contribution in [-0.2, 0) is 0 Å². The van der Waals surface area contributed by atoms with Crippen LogP contribution in [0.5, 0.6) is 0 Å². The summed E-state index contributed by atoms with van der Waals surface area (Å²) < 4.78 is 11.6. The standard InChI is InChI=1S/C26H19ClN2O3/c1-15-10-16(2)12-18(11-15)26-29-21-14-20(6-7-23(21)32-26)28-25(30)24-9-8-22(31-24)17-4-3-5-19(27)13-17/h3-14H,1-2H3,(H,28,30). The summed E-state index contributed by atoms with van der Waals surface area (Å²) in [5, 5.41) is 3.46. The Morgan fingerprint density at radius 1 is 0.875 bits per heavy atom. The summed E-state index contributed by atoms with van der Waals surface area (Å²) in [6.45, 7) is 4.08. The highest BCUT2D eigenvalue weighted by Crippen LogP contribution is 2.28. The number of benzene rings is 3. The fourth-order valence-corrected chi connectivity index (χ4v) is 3.87. The number of halogens is 1.